The van der Waals surface area contributed by atoms with Crippen LogP contribution in [0.25, 0.3) is 0 Å². The van der Waals surface area contributed by atoms with Gasteiger partial charge >= 0.3 is 0 Å². The molecule has 2 unspecified atom stereocenters. The molecule has 3 nitrogen and oxygen atoms in total. The van der Waals surface area contributed by atoms with Crippen molar-refractivity contribution in [2.24, 2.45) is 0 Å². The predicted octanol–water partition coefficient (Wildman–Crippen LogP) is 1.75. The van der Waals surface area contributed by atoms with E-state index in [9.17, 15) is 4.21 Å². The second-order valence-electron chi connectivity index (χ2n) is 6.15. The maximum absolute atomic E-state index is 11.2. The summed E-state index contributed by atoms with van der Waals surface area (Å²) in [6.07, 6.45) is 9.74. The third-order valence-corrected chi connectivity index (χ3v) is 5.47. The van der Waals surface area contributed by atoms with Crippen LogP contribution in [-0.2, 0) is 10.8 Å². The Labute approximate surface area is 114 Å². The molecule has 1 spiro atoms. The molecule has 0 radical (unpaired) electrons. The lowest BCUT2D eigenvalue weighted by atomic mass is 9.80. The van der Waals surface area contributed by atoms with E-state index in [1.807, 2.05) is 6.26 Å². The number of hydrogen-bond acceptors (Lipinski definition) is 3. The zero-order valence-electron chi connectivity index (χ0n) is 11.9. The zero-order valence-corrected chi connectivity index (χ0v) is 12.7. The molecular weight excluding hydrogens is 244 g/mol. The molecule has 2 atom stereocenters. The lowest BCUT2D eigenvalue weighted by Crippen LogP contribution is -2.62. The summed E-state index contributed by atoms with van der Waals surface area (Å²) in [5.74, 6) is 0.845. The van der Waals surface area contributed by atoms with Crippen LogP contribution in [0.2, 0.25) is 0 Å². The highest BCUT2D eigenvalue weighted by Gasteiger charge is 2.37. The van der Waals surface area contributed by atoms with Gasteiger partial charge in [0.05, 0.1) is 0 Å². The fraction of sp³-hybridized carbons (Fsp3) is 1.00. The normalized spacial score (nSPS) is 28.1. The molecule has 106 valence electrons. The minimum atomic E-state index is -0.646. The summed E-state index contributed by atoms with van der Waals surface area (Å²) in [4.78, 5) is 2.62. The Balaban J connectivity index is 1.87. The molecule has 1 aliphatic carbocycles. The van der Waals surface area contributed by atoms with E-state index in [4.69, 9.17) is 0 Å². The Kier molecular flexibility index (Phi) is 5.22. The second kappa shape index (κ2) is 6.49. The highest BCUT2D eigenvalue weighted by molar-refractivity contribution is 7.84. The van der Waals surface area contributed by atoms with Gasteiger partial charge in [-0.25, -0.2) is 0 Å². The second-order valence-corrected chi connectivity index (χ2v) is 7.71. The van der Waals surface area contributed by atoms with E-state index in [1.54, 1.807) is 0 Å². The quantitative estimate of drug-likeness (QED) is 0.846. The van der Waals surface area contributed by atoms with E-state index in [-0.39, 0.29) is 0 Å². The molecule has 2 rings (SSSR count). The zero-order chi connectivity index (χ0) is 13.0. The van der Waals surface area contributed by atoms with E-state index >= 15 is 0 Å². The van der Waals surface area contributed by atoms with Crippen LogP contribution in [-0.4, -0.2) is 52.3 Å². The Morgan fingerprint density at radius 2 is 2.06 bits per heavy atom. The predicted molar refractivity (Wildman–Crippen MR) is 78.4 cm³/mol. The van der Waals surface area contributed by atoms with Crippen LogP contribution in [0.15, 0.2) is 0 Å². The maximum atomic E-state index is 11.2. The van der Waals surface area contributed by atoms with Crippen LogP contribution in [0.1, 0.15) is 45.4 Å². The molecular formula is C14H28N2OS. The Morgan fingerprint density at radius 3 is 2.72 bits per heavy atom. The highest BCUT2D eigenvalue weighted by atomic mass is 32.2. The average Bonchev–Trinajstić information content (AvgIpc) is 2.37. The molecule has 18 heavy (non-hydrogen) atoms. The van der Waals surface area contributed by atoms with Gasteiger partial charge in [0.25, 0.3) is 0 Å². The molecule has 0 aromatic heterocycles. The first-order valence-corrected chi connectivity index (χ1v) is 9.13. The summed E-state index contributed by atoms with van der Waals surface area (Å²) < 4.78 is 11.2. The van der Waals surface area contributed by atoms with Crippen molar-refractivity contribution in [2.45, 2.75) is 57.0 Å². The molecule has 2 fully saturated rings. The van der Waals surface area contributed by atoms with Gasteiger partial charge in [-0.3, -0.25) is 9.11 Å². The van der Waals surface area contributed by atoms with Gasteiger partial charge in [-0.15, -0.1) is 0 Å². The van der Waals surface area contributed by atoms with Crippen molar-refractivity contribution in [3.05, 3.63) is 0 Å². The number of rotatable bonds is 4. The fourth-order valence-corrected chi connectivity index (χ4v) is 4.12. The maximum Gasteiger partial charge on any atom is 0.0309 e. The molecule has 1 N–H and O–H groups in total. The van der Waals surface area contributed by atoms with Crippen LogP contribution < -0.4 is 5.32 Å². The van der Waals surface area contributed by atoms with E-state index in [1.165, 1.54) is 38.6 Å². The lowest BCUT2D eigenvalue weighted by molar-refractivity contribution is 0.0722. The van der Waals surface area contributed by atoms with Crippen molar-refractivity contribution in [3.8, 4) is 0 Å². The standard InChI is InChI=1S/C14H28N2OS/c1-13(6-11-18(2)17)16-10-9-15-14(12-16)7-4-3-5-8-14/h13,15H,3-12H2,1-2H3. The van der Waals surface area contributed by atoms with Crippen LogP contribution in [0.5, 0.6) is 0 Å². The highest BCUT2D eigenvalue weighted by Crippen LogP contribution is 2.31. The van der Waals surface area contributed by atoms with Gasteiger partial charge in [0.15, 0.2) is 0 Å². The number of piperazine rings is 1. The summed E-state index contributed by atoms with van der Waals surface area (Å²) in [5.41, 5.74) is 0.399. The minimum Gasteiger partial charge on any atom is -0.309 e. The average molecular weight is 272 g/mol. The molecule has 1 aliphatic heterocycles. The first kappa shape index (κ1) is 14.5. The molecule has 1 saturated carbocycles. The van der Waals surface area contributed by atoms with Gasteiger partial charge in [-0.1, -0.05) is 19.3 Å². The third-order valence-electron chi connectivity index (χ3n) is 4.66. The summed E-state index contributed by atoms with van der Waals surface area (Å²) in [5, 5.41) is 3.78. The molecule has 1 saturated heterocycles. The molecule has 1 heterocycles. The van der Waals surface area contributed by atoms with Gasteiger partial charge in [-0.05, 0) is 26.2 Å². The van der Waals surface area contributed by atoms with Crippen LogP contribution in [0, 0.1) is 0 Å². The van der Waals surface area contributed by atoms with Gasteiger partial charge < -0.3 is 5.32 Å². The van der Waals surface area contributed by atoms with Crippen molar-refractivity contribution in [2.75, 3.05) is 31.6 Å². The summed E-state index contributed by atoms with van der Waals surface area (Å²) in [6, 6.07) is 0.579. The molecule has 4 heteroatoms. The molecule has 0 amide bonds. The minimum absolute atomic E-state index is 0.399. The largest absolute Gasteiger partial charge is 0.309 e. The topological polar surface area (TPSA) is 32.3 Å². The van der Waals surface area contributed by atoms with Gasteiger partial charge in [0.1, 0.15) is 0 Å². The van der Waals surface area contributed by atoms with E-state index in [2.05, 4.69) is 17.1 Å². The first-order valence-electron chi connectivity index (χ1n) is 7.40. The van der Waals surface area contributed by atoms with Crippen LogP contribution in [0.4, 0.5) is 0 Å². The van der Waals surface area contributed by atoms with Crippen molar-refractivity contribution in [3.63, 3.8) is 0 Å². The van der Waals surface area contributed by atoms with Crippen molar-refractivity contribution in [1.29, 1.82) is 0 Å². The SMILES string of the molecule is CC(CCS(C)=O)N1CCNC2(CCCCC2)C1. The van der Waals surface area contributed by atoms with Crippen molar-refractivity contribution < 1.29 is 4.21 Å². The van der Waals surface area contributed by atoms with Gasteiger partial charge in [0, 0.05) is 54.0 Å². The summed E-state index contributed by atoms with van der Waals surface area (Å²) in [6.45, 7) is 5.78. The third kappa shape index (κ3) is 3.78. The van der Waals surface area contributed by atoms with Crippen LogP contribution >= 0.6 is 0 Å². The molecule has 0 bridgehead atoms. The Morgan fingerprint density at radius 1 is 1.33 bits per heavy atom. The molecule has 2 aliphatic rings. The van der Waals surface area contributed by atoms with E-state index < -0.39 is 10.8 Å². The van der Waals surface area contributed by atoms with E-state index in [0.717, 1.165) is 25.3 Å². The summed E-state index contributed by atoms with van der Waals surface area (Å²) >= 11 is 0. The van der Waals surface area contributed by atoms with Crippen molar-refractivity contribution >= 4 is 10.8 Å². The lowest BCUT2D eigenvalue weighted by Gasteiger charge is -2.48. The van der Waals surface area contributed by atoms with E-state index in [0.29, 0.717) is 11.6 Å². The van der Waals surface area contributed by atoms with Gasteiger partial charge in [0.2, 0.25) is 0 Å². The van der Waals surface area contributed by atoms with Crippen molar-refractivity contribution in [1.82, 2.24) is 10.2 Å². The number of nitrogens with zero attached hydrogens (tertiary/aromatic N) is 1. The molecule has 0 aromatic rings. The fourth-order valence-electron chi connectivity index (χ4n) is 3.45. The van der Waals surface area contributed by atoms with Crippen LogP contribution in [0.3, 0.4) is 0 Å². The molecule has 0 aromatic carbocycles. The number of hydrogen-bond donors (Lipinski definition) is 1. The summed E-state index contributed by atoms with van der Waals surface area (Å²) in [7, 11) is -0.646. The smallest absolute Gasteiger partial charge is 0.0309 e. The Hall–Kier alpha value is 0.0700. The van der Waals surface area contributed by atoms with Gasteiger partial charge in [-0.2, -0.15) is 0 Å². The number of nitrogens with one attached hydrogen (secondary N) is 1. The monoisotopic (exact) mass is 272 g/mol. The Bertz CT molecular complexity index is 284. The first-order chi connectivity index (χ1) is 8.61.